The molecule has 1 aromatic carbocycles. The van der Waals surface area contributed by atoms with Gasteiger partial charge in [0.1, 0.15) is 9.96 Å². The lowest BCUT2D eigenvalue weighted by Crippen LogP contribution is -2.28. The molecule has 1 amide bonds. The SMILES string of the molecule is CC(C)CCN(C)C(=O)c1ccc(NS(=O)(=O)c2cccs2)cc1O. The summed E-state index contributed by atoms with van der Waals surface area (Å²) in [5.74, 6) is -0.0866. The molecule has 0 saturated carbocycles. The molecule has 136 valence electrons. The van der Waals surface area contributed by atoms with E-state index in [1.54, 1.807) is 23.4 Å². The second-order valence-electron chi connectivity index (χ2n) is 6.18. The highest BCUT2D eigenvalue weighted by Crippen LogP contribution is 2.26. The number of phenols is 1. The van der Waals surface area contributed by atoms with Gasteiger partial charge in [-0.25, -0.2) is 8.42 Å². The van der Waals surface area contributed by atoms with E-state index >= 15 is 0 Å². The average Bonchev–Trinajstić information content (AvgIpc) is 3.07. The van der Waals surface area contributed by atoms with E-state index in [2.05, 4.69) is 18.6 Å². The molecule has 2 rings (SSSR count). The van der Waals surface area contributed by atoms with Gasteiger partial charge in [-0.1, -0.05) is 19.9 Å². The Hall–Kier alpha value is -2.06. The normalized spacial score (nSPS) is 11.5. The fourth-order valence-electron chi connectivity index (χ4n) is 2.16. The number of hydrogen-bond donors (Lipinski definition) is 2. The van der Waals surface area contributed by atoms with Crippen molar-refractivity contribution in [2.24, 2.45) is 5.92 Å². The maximum Gasteiger partial charge on any atom is 0.271 e. The Morgan fingerprint density at radius 2 is 2.04 bits per heavy atom. The summed E-state index contributed by atoms with van der Waals surface area (Å²) in [4.78, 5) is 13.9. The number of benzene rings is 1. The van der Waals surface area contributed by atoms with Crippen LogP contribution < -0.4 is 4.72 Å². The number of thiophene rings is 1. The lowest BCUT2D eigenvalue weighted by Gasteiger charge is -2.19. The Morgan fingerprint density at radius 1 is 1.32 bits per heavy atom. The van der Waals surface area contributed by atoms with Crippen molar-refractivity contribution < 1.29 is 18.3 Å². The molecule has 0 saturated heterocycles. The van der Waals surface area contributed by atoms with Gasteiger partial charge < -0.3 is 10.0 Å². The molecule has 0 atom stereocenters. The van der Waals surface area contributed by atoms with Crippen LogP contribution in [0.2, 0.25) is 0 Å². The van der Waals surface area contributed by atoms with E-state index in [0.717, 1.165) is 17.8 Å². The number of aromatic hydroxyl groups is 1. The number of carbonyl (C=O) groups excluding carboxylic acids is 1. The first kappa shape index (κ1) is 19.3. The molecule has 0 aliphatic rings. The smallest absolute Gasteiger partial charge is 0.271 e. The van der Waals surface area contributed by atoms with Crippen molar-refractivity contribution in [2.75, 3.05) is 18.3 Å². The number of amides is 1. The highest BCUT2D eigenvalue weighted by Gasteiger charge is 2.19. The third-order valence-corrected chi connectivity index (χ3v) is 6.41. The van der Waals surface area contributed by atoms with Crippen molar-refractivity contribution in [1.82, 2.24) is 4.90 Å². The van der Waals surface area contributed by atoms with Crippen LogP contribution in [0.1, 0.15) is 30.6 Å². The summed E-state index contributed by atoms with van der Waals surface area (Å²) >= 11 is 1.10. The van der Waals surface area contributed by atoms with E-state index in [1.807, 2.05) is 0 Å². The number of anilines is 1. The summed E-state index contributed by atoms with van der Waals surface area (Å²) < 4.78 is 27.0. The van der Waals surface area contributed by atoms with Gasteiger partial charge in [-0.2, -0.15) is 0 Å². The lowest BCUT2D eigenvalue weighted by atomic mass is 10.1. The first-order valence-electron chi connectivity index (χ1n) is 7.85. The Labute approximate surface area is 152 Å². The Kier molecular flexibility index (Phi) is 6.07. The van der Waals surface area contributed by atoms with Gasteiger partial charge in [0.05, 0.1) is 11.3 Å². The van der Waals surface area contributed by atoms with Gasteiger partial charge in [0.25, 0.3) is 15.9 Å². The second-order valence-corrected chi connectivity index (χ2v) is 9.04. The van der Waals surface area contributed by atoms with E-state index in [1.165, 1.54) is 24.3 Å². The molecule has 0 radical (unpaired) electrons. The van der Waals surface area contributed by atoms with Crippen LogP contribution in [-0.2, 0) is 10.0 Å². The minimum absolute atomic E-state index is 0.144. The molecule has 6 nitrogen and oxygen atoms in total. The van der Waals surface area contributed by atoms with Gasteiger partial charge in [0, 0.05) is 19.7 Å². The molecule has 0 aliphatic heterocycles. The summed E-state index contributed by atoms with van der Waals surface area (Å²) in [5.41, 5.74) is 0.345. The molecule has 8 heteroatoms. The first-order chi connectivity index (χ1) is 11.7. The first-order valence-corrected chi connectivity index (χ1v) is 10.2. The zero-order chi connectivity index (χ0) is 18.6. The molecule has 0 unspecified atom stereocenters. The summed E-state index contributed by atoms with van der Waals surface area (Å²) in [6.07, 6.45) is 0.863. The van der Waals surface area contributed by atoms with Crippen LogP contribution in [-0.4, -0.2) is 37.9 Å². The molecule has 25 heavy (non-hydrogen) atoms. The fourth-order valence-corrected chi connectivity index (χ4v) is 4.20. The van der Waals surface area contributed by atoms with Crippen molar-refractivity contribution in [3.8, 4) is 5.75 Å². The maximum atomic E-state index is 12.4. The van der Waals surface area contributed by atoms with Crippen molar-refractivity contribution in [2.45, 2.75) is 24.5 Å². The zero-order valence-electron chi connectivity index (χ0n) is 14.4. The topological polar surface area (TPSA) is 86.7 Å². The van der Waals surface area contributed by atoms with Gasteiger partial charge >= 0.3 is 0 Å². The van der Waals surface area contributed by atoms with Crippen molar-refractivity contribution in [1.29, 1.82) is 0 Å². The quantitative estimate of drug-likeness (QED) is 0.769. The molecule has 1 heterocycles. The Morgan fingerprint density at radius 3 is 2.60 bits per heavy atom. The highest BCUT2D eigenvalue weighted by molar-refractivity contribution is 7.94. The van der Waals surface area contributed by atoms with Gasteiger partial charge in [-0.05, 0) is 35.9 Å². The fraction of sp³-hybridized carbons (Fsp3) is 0.353. The highest BCUT2D eigenvalue weighted by atomic mass is 32.2. The minimum Gasteiger partial charge on any atom is -0.507 e. The average molecular weight is 383 g/mol. The zero-order valence-corrected chi connectivity index (χ0v) is 16.0. The molecule has 2 aromatic rings. The van der Waals surface area contributed by atoms with Crippen LogP contribution in [0, 0.1) is 5.92 Å². The largest absolute Gasteiger partial charge is 0.507 e. The number of carbonyl (C=O) groups is 1. The second kappa shape index (κ2) is 7.88. The summed E-state index contributed by atoms with van der Waals surface area (Å²) in [6.45, 7) is 4.73. The van der Waals surface area contributed by atoms with Gasteiger partial charge in [0.15, 0.2) is 0 Å². The molecule has 0 spiro atoms. The molecule has 0 bridgehead atoms. The van der Waals surface area contributed by atoms with E-state index in [9.17, 15) is 18.3 Å². The van der Waals surface area contributed by atoms with E-state index in [-0.39, 0.29) is 27.1 Å². The van der Waals surface area contributed by atoms with Crippen LogP contribution in [0.5, 0.6) is 5.75 Å². The van der Waals surface area contributed by atoms with Crippen LogP contribution in [0.3, 0.4) is 0 Å². The predicted molar refractivity (Wildman–Crippen MR) is 99.6 cm³/mol. The van der Waals surface area contributed by atoms with Crippen LogP contribution in [0.15, 0.2) is 39.9 Å². The summed E-state index contributed by atoms with van der Waals surface area (Å²) in [6, 6.07) is 7.28. The Balaban J connectivity index is 2.14. The van der Waals surface area contributed by atoms with E-state index < -0.39 is 10.0 Å². The molecular weight excluding hydrogens is 360 g/mol. The van der Waals surface area contributed by atoms with Crippen LogP contribution in [0.4, 0.5) is 5.69 Å². The molecule has 1 aromatic heterocycles. The van der Waals surface area contributed by atoms with Gasteiger partial charge in [-0.3, -0.25) is 9.52 Å². The molecule has 0 fully saturated rings. The maximum absolute atomic E-state index is 12.4. The van der Waals surface area contributed by atoms with Crippen molar-refractivity contribution >= 4 is 33.0 Å². The van der Waals surface area contributed by atoms with Gasteiger partial charge in [-0.15, -0.1) is 11.3 Å². The van der Waals surface area contributed by atoms with Crippen molar-refractivity contribution in [3.05, 3.63) is 41.3 Å². The third-order valence-electron chi connectivity index (χ3n) is 3.63. The summed E-state index contributed by atoms with van der Waals surface area (Å²) in [5, 5.41) is 11.8. The van der Waals surface area contributed by atoms with Crippen LogP contribution >= 0.6 is 11.3 Å². The number of nitrogens with one attached hydrogen (secondary N) is 1. The van der Waals surface area contributed by atoms with Crippen molar-refractivity contribution in [3.63, 3.8) is 0 Å². The summed E-state index contributed by atoms with van der Waals surface area (Å²) in [7, 11) is -2.01. The van der Waals surface area contributed by atoms with Gasteiger partial charge in [0.2, 0.25) is 0 Å². The number of phenolic OH excluding ortho intramolecular Hbond substituents is 1. The number of rotatable bonds is 7. The number of sulfonamides is 1. The minimum atomic E-state index is -3.69. The monoisotopic (exact) mass is 382 g/mol. The standard InChI is InChI=1S/C17H22N2O4S2/c1-12(2)8-9-19(3)17(21)14-7-6-13(11-15(14)20)18-25(22,23)16-5-4-10-24-16/h4-7,10-12,18,20H,8-9H2,1-3H3. The predicted octanol–water partition coefficient (Wildman–Crippen LogP) is 3.37. The lowest BCUT2D eigenvalue weighted by molar-refractivity contribution is 0.0786. The van der Waals surface area contributed by atoms with E-state index in [4.69, 9.17) is 0 Å². The van der Waals surface area contributed by atoms with Crippen LogP contribution in [0.25, 0.3) is 0 Å². The van der Waals surface area contributed by atoms with E-state index in [0.29, 0.717) is 12.5 Å². The number of nitrogens with zero attached hydrogens (tertiary/aromatic N) is 1. The molecular formula is C17H22N2O4S2. The third kappa shape index (κ3) is 4.96. The molecule has 0 aliphatic carbocycles. The molecule has 2 N–H and O–H groups in total. The Bertz CT molecular complexity index is 830. The number of hydrogen-bond acceptors (Lipinski definition) is 5.